The van der Waals surface area contributed by atoms with Crippen molar-refractivity contribution in [3.63, 3.8) is 0 Å². The minimum absolute atomic E-state index is 0.115. The minimum atomic E-state index is -0.930. The van der Waals surface area contributed by atoms with Gasteiger partial charge in [-0.25, -0.2) is 0 Å². The van der Waals surface area contributed by atoms with Gasteiger partial charge in [0.2, 0.25) is 5.91 Å². The van der Waals surface area contributed by atoms with E-state index in [1.54, 1.807) is 48.5 Å². The van der Waals surface area contributed by atoms with E-state index >= 15 is 0 Å². The highest BCUT2D eigenvalue weighted by Crippen LogP contribution is 2.27. The number of amides is 3. The molecule has 1 aliphatic rings. The largest absolute Gasteiger partial charge is 0.324 e. The number of carbonyl (C=O) groups excluding carboxylic acids is 4. The van der Waals surface area contributed by atoms with E-state index in [1.807, 2.05) is 6.26 Å². The molecule has 3 amide bonds. The quantitative estimate of drug-likeness (QED) is 0.574. The highest BCUT2D eigenvalue weighted by molar-refractivity contribution is 7.98. The Hall–Kier alpha value is -2.93. The number of hydrogen-bond donors (Lipinski definition) is 1. The number of rotatable bonds is 7. The molecule has 2 aromatic carbocycles. The summed E-state index contributed by atoms with van der Waals surface area (Å²) in [5.41, 5.74) is 1.55. The molecule has 0 aliphatic carbocycles. The van der Waals surface area contributed by atoms with Crippen molar-refractivity contribution in [2.45, 2.75) is 19.4 Å². The summed E-state index contributed by atoms with van der Waals surface area (Å²) in [6.07, 6.45) is 2.23. The van der Waals surface area contributed by atoms with Crippen molar-refractivity contribution in [1.29, 1.82) is 0 Å². The zero-order valence-corrected chi connectivity index (χ0v) is 16.4. The van der Waals surface area contributed by atoms with Gasteiger partial charge in [-0.2, -0.15) is 11.8 Å². The summed E-state index contributed by atoms with van der Waals surface area (Å²) in [4.78, 5) is 51.2. The molecule has 144 valence electrons. The fraction of sp³-hybridized carbons (Fsp3) is 0.238. The lowest BCUT2D eigenvalue weighted by molar-refractivity contribution is -0.120. The summed E-state index contributed by atoms with van der Waals surface area (Å²) in [6.45, 7) is 1.45. The monoisotopic (exact) mass is 396 g/mol. The van der Waals surface area contributed by atoms with Crippen LogP contribution in [0.2, 0.25) is 0 Å². The van der Waals surface area contributed by atoms with Gasteiger partial charge in [0, 0.05) is 11.3 Å². The highest BCUT2D eigenvalue weighted by Gasteiger charge is 2.42. The maximum absolute atomic E-state index is 13.0. The Kier molecular flexibility index (Phi) is 5.94. The van der Waals surface area contributed by atoms with Gasteiger partial charge in [-0.1, -0.05) is 24.3 Å². The second-order valence-electron chi connectivity index (χ2n) is 6.45. The molecule has 0 unspecified atom stereocenters. The Bertz CT molecular complexity index is 922. The van der Waals surface area contributed by atoms with Crippen LogP contribution in [0.4, 0.5) is 5.69 Å². The predicted octanol–water partition coefficient (Wildman–Crippen LogP) is 3.25. The van der Waals surface area contributed by atoms with Crippen molar-refractivity contribution in [2.75, 3.05) is 17.3 Å². The number of Topliss-reactive ketones (excluding diaryl/α,β-unsaturated/α-hetero) is 1. The van der Waals surface area contributed by atoms with E-state index in [0.717, 1.165) is 4.90 Å². The number of hydrogen-bond acceptors (Lipinski definition) is 5. The SMILES string of the molecule is CSCC[C@@H](C(=O)Nc1cccc(C(C)=O)c1)N1C(=O)c2ccccc2C1=O. The third-order valence-corrected chi connectivity index (χ3v) is 5.22. The number of nitrogens with one attached hydrogen (secondary N) is 1. The van der Waals surface area contributed by atoms with E-state index in [1.165, 1.54) is 18.7 Å². The third kappa shape index (κ3) is 3.84. The van der Waals surface area contributed by atoms with Crippen LogP contribution in [0.15, 0.2) is 48.5 Å². The summed E-state index contributed by atoms with van der Waals surface area (Å²) < 4.78 is 0. The number of imide groups is 1. The molecule has 0 aromatic heterocycles. The van der Waals surface area contributed by atoms with Crippen LogP contribution in [-0.4, -0.2) is 46.5 Å². The summed E-state index contributed by atoms with van der Waals surface area (Å²) >= 11 is 1.53. The Balaban J connectivity index is 1.87. The molecular weight excluding hydrogens is 376 g/mol. The topological polar surface area (TPSA) is 83.6 Å². The first kappa shape index (κ1) is 19.8. The van der Waals surface area contributed by atoms with E-state index in [2.05, 4.69) is 5.32 Å². The van der Waals surface area contributed by atoms with Gasteiger partial charge in [0.25, 0.3) is 11.8 Å². The van der Waals surface area contributed by atoms with Gasteiger partial charge in [0.1, 0.15) is 6.04 Å². The maximum Gasteiger partial charge on any atom is 0.262 e. The Morgan fingerprint density at radius 3 is 2.25 bits per heavy atom. The number of fused-ring (bicyclic) bond motifs is 1. The first-order valence-corrected chi connectivity index (χ1v) is 10.2. The predicted molar refractivity (Wildman–Crippen MR) is 109 cm³/mol. The maximum atomic E-state index is 13.0. The average Bonchev–Trinajstić information content (AvgIpc) is 2.94. The molecule has 1 heterocycles. The molecule has 1 aliphatic heterocycles. The molecule has 3 rings (SSSR count). The van der Waals surface area contributed by atoms with Crippen molar-refractivity contribution < 1.29 is 19.2 Å². The number of carbonyl (C=O) groups is 4. The van der Waals surface area contributed by atoms with Crippen LogP contribution in [0.3, 0.4) is 0 Å². The van der Waals surface area contributed by atoms with Crippen LogP contribution in [0.25, 0.3) is 0 Å². The molecule has 28 heavy (non-hydrogen) atoms. The van der Waals surface area contributed by atoms with Gasteiger partial charge in [-0.3, -0.25) is 24.1 Å². The zero-order chi connectivity index (χ0) is 20.3. The molecule has 0 saturated carbocycles. The van der Waals surface area contributed by atoms with Crippen LogP contribution >= 0.6 is 11.8 Å². The summed E-state index contributed by atoms with van der Waals surface area (Å²) in [5.74, 6) is -0.878. The molecular formula is C21H20N2O4S. The fourth-order valence-corrected chi connectivity index (χ4v) is 3.60. The summed E-state index contributed by atoms with van der Waals surface area (Å²) in [7, 11) is 0. The van der Waals surface area contributed by atoms with E-state index in [-0.39, 0.29) is 5.78 Å². The van der Waals surface area contributed by atoms with E-state index in [0.29, 0.717) is 34.6 Å². The molecule has 0 radical (unpaired) electrons. The molecule has 1 atom stereocenters. The van der Waals surface area contributed by atoms with E-state index < -0.39 is 23.8 Å². The first-order chi connectivity index (χ1) is 13.4. The van der Waals surface area contributed by atoms with Gasteiger partial charge < -0.3 is 5.32 Å². The van der Waals surface area contributed by atoms with Crippen LogP contribution in [0.5, 0.6) is 0 Å². The second-order valence-corrected chi connectivity index (χ2v) is 7.44. The lowest BCUT2D eigenvalue weighted by Gasteiger charge is -2.25. The van der Waals surface area contributed by atoms with Crippen LogP contribution < -0.4 is 5.32 Å². The second kappa shape index (κ2) is 8.39. The number of anilines is 1. The van der Waals surface area contributed by atoms with Gasteiger partial charge in [-0.15, -0.1) is 0 Å². The number of benzene rings is 2. The number of thioether (sulfide) groups is 1. The molecule has 7 heteroatoms. The normalized spacial score (nSPS) is 14.0. The van der Waals surface area contributed by atoms with E-state index in [9.17, 15) is 19.2 Å². The third-order valence-electron chi connectivity index (χ3n) is 4.57. The standard InChI is InChI=1S/C21H20N2O4S/c1-13(24)14-6-5-7-15(12-14)22-19(25)18(10-11-28-2)23-20(26)16-8-3-4-9-17(16)21(23)27/h3-9,12,18H,10-11H2,1-2H3,(H,22,25)/t18-/m0/s1. The molecule has 0 fully saturated rings. The lowest BCUT2D eigenvalue weighted by atomic mass is 10.1. The number of ketones is 1. The molecule has 0 bridgehead atoms. The van der Waals surface area contributed by atoms with Crippen molar-refractivity contribution in [1.82, 2.24) is 4.90 Å². The van der Waals surface area contributed by atoms with Gasteiger partial charge in [-0.05, 0) is 49.6 Å². The van der Waals surface area contributed by atoms with Gasteiger partial charge >= 0.3 is 0 Å². The summed E-state index contributed by atoms with van der Waals surface area (Å²) in [5, 5.41) is 2.74. The average molecular weight is 396 g/mol. The number of nitrogens with zero attached hydrogens (tertiary/aromatic N) is 1. The summed E-state index contributed by atoms with van der Waals surface area (Å²) in [6, 6.07) is 12.2. The van der Waals surface area contributed by atoms with Crippen LogP contribution in [-0.2, 0) is 4.79 Å². The molecule has 1 N–H and O–H groups in total. The smallest absolute Gasteiger partial charge is 0.262 e. The lowest BCUT2D eigenvalue weighted by Crippen LogP contribution is -2.47. The fourth-order valence-electron chi connectivity index (χ4n) is 3.14. The highest BCUT2D eigenvalue weighted by atomic mass is 32.2. The van der Waals surface area contributed by atoms with Gasteiger partial charge in [0.15, 0.2) is 5.78 Å². The van der Waals surface area contributed by atoms with Gasteiger partial charge in [0.05, 0.1) is 11.1 Å². The molecule has 6 nitrogen and oxygen atoms in total. The van der Waals surface area contributed by atoms with Crippen molar-refractivity contribution in [3.8, 4) is 0 Å². The zero-order valence-electron chi connectivity index (χ0n) is 15.6. The minimum Gasteiger partial charge on any atom is -0.324 e. The first-order valence-electron chi connectivity index (χ1n) is 8.81. The van der Waals surface area contributed by atoms with Crippen LogP contribution in [0, 0.1) is 0 Å². The Morgan fingerprint density at radius 1 is 1.04 bits per heavy atom. The molecule has 0 spiro atoms. The van der Waals surface area contributed by atoms with E-state index in [4.69, 9.17) is 0 Å². The molecule has 0 saturated heterocycles. The Labute approximate surface area is 167 Å². The van der Waals surface area contributed by atoms with Crippen molar-refractivity contribution in [2.24, 2.45) is 0 Å². The Morgan fingerprint density at radius 2 is 1.68 bits per heavy atom. The molecule has 2 aromatic rings. The van der Waals surface area contributed by atoms with Crippen molar-refractivity contribution in [3.05, 3.63) is 65.2 Å². The van der Waals surface area contributed by atoms with Crippen molar-refractivity contribution >= 4 is 41.0 Å². The van der Waals surface area contributed by atoms with Crippen LogP contribution in [0.1, 0.15) is 44.4 Å².